The van der Waals surface area contributed by atoms with Crippen LogP contribution in [0.3, 0.4) is 0 Å². The number of hydrogen-bond donors (Lipinski definition) is 0. The van der Waals surface area contributed by atoms with Gasteiger partial charge in [0, 0.05) is 0 Å². The second-order valence-corrected chi connectivity index (χ2v) is 34.1. The van der Waals surface area contributed by atoms with Crippen molar-refractivity contribution >= 4 is 17.2 Å². The fourth-order valence-electron chi connectivity index (χ4n) is 4.67. The number of rotatable bonds is 2. The zero-order valence-corrected chi connectivity index (χ0v) is 25.8. The Balaban J connectivity index is 2.85. The predicted octanol–water partition coefficient (Wildman–Crippen LogP) is 9.94. The fraction of sp³-hybridized carbons (Fsp3) is 0.692. The molecule has 2 aliphatic rings. The molecular formula is C26H42Cl2Hf. The molecule has 0 amide bonds. The van der Waals surface area contributed by atoms with Gasteiger partial charge in [-0.2, -0.15) is 0 Å². The summed E-state index contributed by atoms with van der Waals surface area (Å²) in [6.07, 6.45) is 14.3. The first-order chi connectivity index (χ1) is 12.6. The quantitative estimate of drug-likeness (QED) is 0.276. The number of halogens is 2. The molecule has 0 N–H and O–H groups in total. The van der Waals surface area contributed by atoms with Crippen LogP contribution in [-0.2, 0) is 17.6 Å². The molecule has 3 heteroatoms. The molecule has 0 spiro atoms. The zero-order chi connectivity index (χ0) is 22.9. The third-order valence-electron chi connectivity index (χ3n) is 7.07. The van der Waals surface area contributed by atoms with Gasteiger partial charge in [0.25, 0.3) is 0 Å². The Morgan fingerprint density at radius 3 is 1.03 bits per heavy atom. The molecule has 2 unspecified atom stereocenters. The van der Waals surface area contributed by atoms with Crippen molar-refractivity contribution in [3.63, 3.8) is 0 Å². The molecule has 0 bridgehead atoms. The molecule has 0 saturated carbocycles. The molecule has 0 aromatic carbocycles. The summed E-state index contributed by atoms with van der Waals surface area (Å²) in [6.45, 7) is 27.5. The van der Waals surface area contributed by atoms with Crippen molar-refractivity contribution in [3.05, 3.63) is 47.6 Å². The van der Waals surface area contributed by atoms with E-state index in [0.717, 1.165) is 0 Å². The van der Waals surface area contributed by atoms with Crippen molar-refractivity contribution in [2.45, 2.75) is 89.4 Å². The first-order valence-electron chi connectivity index (χ1n) is 10.9. The molecule has 0 nitrogen and oxygen atoms in total. The van der Waals surface area contributed by atoms with Crippen LogP contribution >= 0.6 is 17.2 Å². The van der Waals surface area contributed by atoms with E-state index in [9.17, 15) is 0 Å². The standard InChI is InChI=1S/2C13H21.2ClH.Hf/c2*1-12(2,3)10-7-8-11(9-10)13(4,5)6;;;/h2*7-9H,1-6H3;2*1H;/q;;;;+2/p-2. The van der Waals surface area contributed by atoms with E-state index in [2.05, 4.69) is 120 Å². The van der Waals surface area contributed by atoms with E-state index in [1.807, 2.05) is 0 Å². The van der Waals surface area contributed by atoms with Crippen LogP contribution < -0.4 is 0 Å². The van der Waals surface area contributed by atoms with Gasteiger partial charge < -0.3 is 0 Å². The summed E-state index contributed by atoms with van der Waals surface area (Å²) in [5, 5.41) is 0. The Kier molecular flexibility index (Phi) is 6.38. The average Bonchev–Trinajstić information content (AvgIpc) is 3.11. The number of allylic oxidation sites excluding steroid dienone is 8. The summed E-state index contributed by atoms with van der Waals surface area (Å²) in [7, 11) is 15.7. The number of hydrogen-bond acceptors (Lipinski definition) is 0. The van der Waals surface area contributed by atoms with E-state index in [0.29, 0.717) is 0 Å². The molecule has 2 atom stereocenters. The summed E-state index contributed by atoms with van der Waals surface area (Å²) in [4.78, 5) is 0. The van der Waals surface area contributed by atoms with Crippen molar-refractivity contribution in [1.29, 1.82) is 0 Å². The van der Waals surface area contributed by atoms with Crippen molar-refractivity contribution in [2.24, 2.45) is 21.7 Å². The molecule has 0 fully saturated rings. The van der Waals surface area contributed by atoms with Gasteiger partial charge in [0.05, 0.1) is 0 Å². The average molecular weight is 604 g/mol. The summed E-state index contributed by atoms with van der Waals surface area (Å²) in [5.74, 6) is 0. The van der Waals surface area contributed by atoms with Gasteiger partial charge in [-0.25, -0.2) is 0 Å². The van der Waals surface area contributed by atoms with E-state index >= 15 is 0 Å². The van der Waals surface area contributed by atoms with E-state index in [-0.39, 0.29) is 28.0 Å². The minimum absolute atomic E-state index is 0.0635. The van der Waals surface area contributed by atoms with Crippen LogP contribution in [0.15, 0.2) is 47.6 Å². The molecule has 164 valence electrons. The van der Waals surface area contributed by atoms with Gasteiger partial charge in [0.2, 0.25) is 0 Å². The van der Waals surface area contributed by atoms with Crippen molar-refractivity contribution < 1.29 is 17.6 Å². The topological polar surface area (TPSA) is 0 Å². The second-order valence-electron chi connectivity index (χ2n) is 13.2. The summed E-state index contributed by atoms with van der Waals surface area (Å²) < 4.78 is -0.569. The van der Waals surface area contributed by atoms with Gasteiger partial charge in [-0.3, -0.25) is 0 Å². The van der Waals surface area contributed by atoms with Crippen molar-refractivity contribution in [2.75, 3.05) is 0 Å². The fourth-order valence-corrected chi connectivity index (χ4v) is 31.5. The van der Waals surface area contributed by atoms with Crippen LogP contribution in [0.25, 0.3) is 0 Å². The monoisotopic (exact) mass is 604 g/mol. The van der Waals surface area contributed by atoms with Gasteiger partial charge in [0.15, 0.2) is 0 Å². The molecule has 0 aromatic heterocycles. The van der Waals surface area contributed by atoms with Crippen LogP contribution in [0.5, 0.6) is 0 Å². The Hall–Kier alpha value is 0.410. The molecule has 0 aromatic rings. The maximum absolute atomic E-state index is 7.86. The van der Waals surface area contributed by atoms with Crippen LogP contribution in [0.2, 0.25) is 6.34 Å². The maximum atomic E-state index is 7.86. The summed E-state index contributed by atoms with van der Waals surface area (Å²) in [5.41, 5.74) is 2.73. The van der Waals surface area contributed by atoms with E-state index < -0.39 is 17.6 Å². The van der Waals surface area contributed by atoms with Crippen LogP contribution in [0, 0.1) is 21.7 Å². The van der Waals surface area contributed by atoms with Gasteiger partial charge in [-0.15, -0.1) is 0 Å². The Bertz CT molecular complexity index is 717. The van der Waals surface area contributed by atoms with Crippen LogP contribution in [0.1, 0.15) is 83.1 Å². The van der Waals surface area contributed by atoms with Gasteiger partial charge in [-0.1, -0.05) is 0 Å². The molecule has 29 heavy (non-hydrogen) atoms. The SMILES string of the molecule is CC(C)(C)C1=C[C](C(C)(C)C)([Hf]([Cl])([Cl])[C]2(C(C)(C)C)C=CC(C(C)(C)C)=C2)C=C1. The van der Waals surface area contributed by atoms with Crippen molar-refractivity contribution in [3.8, 4) is 0 Å². The minimum atomic E-state index is -4.21. The third kappa shape index (κ3) is 4.00. The van der Waals surface area contributed by atoms with E-state index in [1.54, 1.807) is 0 Å². The molecule has 2 rings (SSSR count). The Morgan fingerprint density at radius 2 is 0.862 bits per heavy atom. The first-order valence-corrected chi connectivity index (χ1v) is 23.4. The molecule has 2 aliphatic carbocycles. The van der Waals surface area contributed by atoms with Gasteiger partial charge in [-0.05, 0) is 0 Å². The normalized spacial score (nSPS) is 28.8. The first kappa shape index (κ1) is 25.7. The van der Waals surface area contributed by atoms with Gasteiger partial charge in [0.1, 0.15) is 0 Å². The molecule has 0 saturated heterocycles. The molecule has 0 heterocycles. The second kappa shape index (κ2) is 7.21. The third-order valence-corrected chi connectivity index (χ3v) is 32.4. The van der Waals surface area contributed by atoms with Crippen LogP contribution in [0.4, 0.5) is 0 Å². The summed E-state index contributed by atoms with van der Waals surface area (Å²) >= 11 is -4.21. The predicted molar refractivity (Wildman–Crippen MR) is 129 cm³/mol. The Morgan fingerprint density at radius 1 is 0.586 bits per heavy atom. The Labute approximate surface area is 192 Å². The van der Waals surface area contributed by atoms with E-state index in [4.69, 9.17) is 17.2 Å². The van der Waals surface area contributed by atoms with Crippen LogP contribution in [-0.4, -0.2) is 0 Å². The van der Waals surface area contributed by atoms with Gasteiger partial charge >= 0.3 is 193 Å². The summed E-state index contributed by atoms with van der Waals surface area (Å²) in [6, 6.07) is 0. The molecule has 0 radical (unpaired) electrons. The van der Waals surface area contributed by atoms with Crippen molar-refractivity contribution in [1.82, 2.24) is 0 Å². The zero-order valence-electron chi connectivity index (χ0n) is 20.7. The van der Waals surface area contributed by atoms with E-state index in [1.165, 1.54) is 11.1 Å². The molecule has 0 aliphatic heterocycles. The molecular weight excluding hydrogens is 562 g/mol.